The Labute approximate surface area is 98.0 Å². The largest absolute Gasteiger partial charge is 0.385 e. The maximum absolute atomic E-state index is 11.9. The van der Waals surface area contributed by atoms with E-state index in [9.17, 15) is 8.42 Å². The van der Waals surface area contributed by atoms with Crippen molar-refractivity contribution < 1.29 is 13.2 Å². The van der Waals surface area contributed by atoms with Crippen LogP contribution in [0, 0.1) is 0 Å². The topological polar surface area (TPSA) is 67.4 Å². The number of methoxy groups -OCH3 is 1. The minimum Gasteiger partial charge on any atom is -0.385 e. The zero-order valence-corrected chi connectivity index (χ0v) is 10.8. The third-order valence-electron chi connectivity index (χ3n) is 2.89. The lowest BCUT2D eigenvalue weighted by Crippen LogP contribution is -2.48. The lowest BCUT2D eigenvalue weighted by molar-refractivity contribution is 0.194. The van der Waals surface area contributed by atoms with E-state index in [1.165, 1.54) is 0 Å². The Hall–Kier alpha value is -0.170. The molecular weight excluding hydrogens is 228 g/mol. The molecule has 1 saturated heterocycles. The molecule has 0 saturated carbocycles. The fourth-order valence-corrected chi connectivity index (χ4v) is 3.04. The quantitative estimate of drug-likeness (QED) is 0.701. The second kappa shape index (κ2) is 6.54. The molecule has 6 heteroatoms. The molecule has 0 unspecified atom stereocenters. The highest BCUT2D eigenvalue weighted by molar-refractivity contribution is 7.90. The Morgan fingerprint density at radius 2 is 2.31 bits per heavy atom. The van der Waals surface area contributed by atoms with Crippen molar-refractivity contribution in [1.29, 1.82) is 0 Å². The van der Waals surface area contributed by atoms with Gasteiger partial charge in [-0.2, -0.15) is 0 Å². The summed E-state index contributed by atoms with van der Waals surface area (Å²) < 4.78 is 31.5. The molecule has 1 heterocycles. The second-order valence-corrected chi connectivity index (χ2v) is 6.43. The summed E-state index contributed by atoms with van der Waals surface area (Å²) in [7, 11) is -1.62. The molecule has 0 aromatic rings. The summed E-state index contributed by atoms with van der Waals surface area (Å²) >= 11 is 0. The van der Waals surface area contributed by atoms with Gasteiger partial charge < -0.3 is 10.1 Å². The SMILES string of the molecule is COCC[C@@H](C)S(=O)(=O)N[C@H]1CCCNC1. The van der Waals surface area contributed by atoms with Gasteiger partial charge in [-0.05, 0) is 32.7 Å². The van der Waals surface area contributed by atoms with Gasteiger partial charge in [-0.15, -0.1) is 0 Å². The minimum absolute atomic E-state index is 0.0451. The van der Waals surface area contributed by atoms with Crippen molar-refractivity contribution in [3.63, 3.8) is 0 Å². The molecule has 1 aliphatic heterocycles. The van der Waals surface area contributed by atoms with Gasteiger partial charge in [0.2, 0.25) is 10.0 Å². The van der Waals surface area contributed by atoms with Crippen LogP contribution in [0.5, 0.6) is 0 Å². The van der Waals surface area contributed by atoms with Gasteiger partial charge in [0, 0.05) is 26.3 Å². The van der Waals surface area contributed by atoms with Gasteiger partial charge in [0.25, 0.3) is 0 Å². The maximum atomic E-state index is 11.9. The summed E-state index contributed by atoms with van der Waals surface area (Å²) in [5, 5.41) is 2.79. The molecule has 0 aromatic carbocycles. The van der Waals surface area contributed by atoms with Crippen molar-refractivity contribution in [1.82, 2.24) is 10.0 Å². The van der Waals surface area contributed by atoms with E-state index in [1.54, 1.807) is 14.0 Å². The predicted octanol–water partition coefficient (Wildman–Crippen LogP) is 0.0828. The number of nitrogens with one attached hydrogen (secondary N) is 2. The third-order valence-corrected chi connectivity index (χ3v) is 4.84. The van der Waals surface area contributed by atoms with E-state index in [1.807, 2.05) is 0 Å². The van der Waals surface area contributed by atoms with Crippen molar-refractivity contribution in [2.45, 2.75) is 37.5 Å². The monoisotopic (exact) mass is 250 g/mol. The normalized spacial score (nSPS) is 24.2. The highest BCUT2D eigenvalue weighted by Crippen LogP contribution is 2.08. The van der Waals surface area contributed by atoms with E-state index in [2.05, 4.69) is 10.0 Å². The van der Waals surface area contributed by atoms with Crippen molar-refractivity contribution in [2.75, 3.05) is 26.8 Å². The lowest BCUT2D eigenvalue weighted by atomic mass is 10.1. The second-order valence-electron chi connectivity index (χ2n) is 4.30. The van der Waals surface area contributed by atoms with Crippen LogP contribution >= 0.6 is 0 Å². The van der Waals surface area contributed by atoms with Gasteiger partial charge in [0.1, 0.15) is 0 Å². The number of sulfonamides is 1. The van der Waals surface area contributed by atoms with Gasteiger partial charge in [0.15, 0.2) is 0 Å². The fraction of sp³-hybridized carbons (Fsp3) is 1.00. The Kier molecular flexibility index (Phi) is 5.68. The smallest absolute Gasteiger partial charge is 0.214 e. The number of rotatable bonds is 6. The molecule has 1 rings (SSSR count). The van der Waals surface area contributed by atoms with Gasteiger partial charge in [-0.25, -0.2) is 13.1 Å². The van der Waals surface area contributed by atoms with Crippen molar-refractivity contribution in [2.24, 2.45) is 0 Å². The molecule has 1 aliphatic rings. The zero-order chi connectivity index (χ0) is 12.0. The van der Waals surface area contributed by atoms with Crippen LogP contribution in [0.4, 0.5) is 0 Å². The van der Waals surface area contributed by atoms with E-state index in [0.717, 1.165) is 25.9 Å². The van der Waals surface area contributed by atoms with Crippen molar-refractivity contribution >= 4 is 10.0 Å². The van der Waals surface area contributed by atoms with Crippen LogP contribution in [-0.4, -0.2) is 46.5 Å². The predicted molar refractivity (Wildman–Crippen MR) is 63.9 cm³/mol. The average Bonchev–Trinajstić information content (AvgIpc) is 2.26. The maximum Gasteiger partial charge on any atom is 0.214 e. The molecule has 1 fully saturated rings. The molecule has 0 aromatic heterocycles. The van der Waals surface area contributed by atoms with Crippen LogP contribution in [0.3, 0.4) is 0 Å². The molecule has 0 amide bonds. The Bertz CT molecular complexity index is 286. The number of piperidine rings is 1. The van der Waals surface area contributed by atoms with Crippen LogP contribution < -0.4 is 10.0 Å². The van der Waals surface area contributed by atoms with Crippen molar-refractivity contribution in [3.8, 4) is 0 Å². The van der Waals surface area contributed by atoms with Crippen molar-refractivity contribution in [3.05, 3.63) is 0 Å². The van der Waals surface area contributed by atoms with Crippen LogP contribution in [0.15, 0.2) is 0 Å². The Morgan fingerprint density at radius 1 is 1.56 bits per heavy atom. The summed E-state index contributed by atoms with van der Waals surface area (Å²) in [6, 6.07) is 0.0451. The minimum atomic E-state index is -3.20. The van der Waals surface area contributed by atoms with E-state index in [0.29, 0.717) is 13.0 Å². The van der Waals surface area contributed by atoms with E-state index < -0.39 is 15.3 Å². The van der Waals surface area contributed by atoms with E-state index >= 15 is 0 Å². The fourth-order valence-electron chi connectivity index (χ4n) is 1.74. The molecule has 0 radical (unpaired) electrons. The van der Waals surface area contributed by atoms with Gasteiger partial charge in [0.05, 0.1) is 5.25 Å². The third kappa shape index (κ3) is 4.37. The summed E-state index contributed by atoms with van der Waals surface area (Å²) in [6.45, 7) is 3.91. The number of hydrogen-bond donors (Lipinski definition) is 2. The highest BCUT2D eigenvalue weighted by atomic mass is 32.2. The van der Waals surface area contributed by atoms with Gasteiger partial charge in [-0.3, -0.25) is 0 Å². The van der Waals surface area contributed by atoms with Crippen LogP contribution in [-0.2, 0) is 14.8 Å². The molecule has 0 spiro atoms. The summed E-state index contributed by atoms with van der Waals surface area (Å²) in [6.07, 6.45) is 2.48. The lowest BCUT2D eigenvalue weighted by Gasteiger charge is -2.25. The van der Waals surface area contributed by atoms with Crippen LogP contribution in [0.2, 0.25) is 0 Å². The highest BCUT2D eigenvalue weighted by Gasteiger charge is 2.24. The van der Waals surface area contributed by atoms with E-state index in [4.69, 9.17) is 4.74 Å². The molecule has 96 valence electrons. The summed E-state index contributed by atoms with van der Waals surface area (Å²) in [5.74, 6) is 0. The first-order valence-electron chi connectivity index (χ1n) is 5.77. The molecule has 0 bridgehead atoms. The molecule has 2 atom stereocenters. The number of hydrogen-bond acceptors (Lipinski definition) is 4. The Morgan fingerprint density at radius 3 is 2.88 bits per heavy atom. The van der Waals surface area contributed by atoms with Crippen LogP contribution in [0.25, 0.3) is 0 Å². The first-order valence-corrected chi connectivity index (χ1v) is 7.31. The molecule has 5 nitrogen and oxygen atoms in total. The average molecular weight is 250 g/mol. The van der Waals surface area contributed by atoms with Gasteiger partial charge in [-0.1, -0.05) is 0 Å². The Balaban J connectivity index is 2.42. The van der Waals surface area contributed by atoms with Gasteiger partial charge >= 0.3 is 0 Å². The summed E-state index contributed by atoms with van der Waals surface area (Å²) in [4.78, 5) is 0. The zero-order valence-electron chi connectivity index (χ0n) is 10.0. The standard InChI is InChI=1S/C10H22N2O3S/c1-9(5-7-15-2)16(13,14)12-10-4-3-6-11-8-10/h9-12H,3-8H2,1-2H3/t9-,10+/m1/s1. The molecule has 16 heavy (non-hydrogen) atoms. The molecule has 0 aliphatic carbocycles. The number of ether oxygens (including phenoxy) is 1. The van der Waals surface area contributed by atoms with E-state index in [-0.39, 0.29) is 6.04 Å². The first kappa shape index (κ1) is 13.9. The molecule has 2 N–H and O–H groups in total. The van der Waals surface area contributed by atoms with Crippen LogP contribution in [0.1, 0.15) is 26.2 Å². The first-order chi connectivity index (χ1) is 7.56. The summed E-state index contributed by atoms with van der Waals surface area (Å²) in [5.41, 5.74) is 0. The molecular formula is C10H22N2O3S.